The Bertz CT molecular complexity index is 592. The molecule has 1 N–H and O–H groups in total. The van der Waals surface area contributed by atoms with E-state index in [1.54, 1.807) is 0 Å². The average molecular weight is 273 g/mol. The van der Waals surface area contributed by atoms with E-state index in [0.29, 0.717) is 6.42 Å². The molecule has 1 atom stereocenters. The number of benzene rings is 2. The number of rotatable bonds is 3. The summed E-state index contributed by atoms with van der Waals surface area (Å²) < 4.78 is 0. The van der Waals surface area contributed by atoms with Crippen LogP contribution in [-0.4, -0.2) is 5.11 Å². The summed E-state index contributed by atoms with van der Waals surface area (Å²) in [5.41, 5.74) is 4.93. The highest BCUT2D eigenvalue weighted by Crippen LogP contribution is 2.27. The van der Waals surface area contributed by atoms with Crippen LogP contribution in [-0.2, 0) is 19.3 Å². The van der Waals surface area contributed by atoms with Gasteiger partial charge in [-0.05, 0) is 53.6 Å². The van der Waals surface area contributed by atoms with Crippen molar-refractivity contribution in [2.24, 2.45) is 0 Å². The number of halogens is 1. The topological polar surface area (TPSA) is 20.2 Å². The van der Waals surface area contributed by atoms with Gasteiger partial charge in [0.1, 0.15) is 0 Å². The summed E-state index contributed by atoms with van der Waals surface area (Å²) in [6.45, 7) is 0. The van der Waals surface area contributed by atoms with Crippen molar-refractivity contribution >= 4 is 11.6 Å². The molecule has 0 heterocycles. The van der Waals surface area contributed by atoms with Gasteiger partial charge in [0.2, 0.25) is 0 Å². The molecule has 0 saturated heterocycles. The number of fused-ring (bicyclic) bond motifs is 1. The van der Waals surface area contributed by atoms with Gasteiger partial charge in [-0.2, -0.15) is 0 Å². The summed E-state index contributed by atoms with van der Waals surface area (Å²) >= 11 is 5.97. The Balaban J connectivity index is 1.78. The standard InChI is InChI=1S/C17H17ClO/c18-16-6-1-3-12(9-16)10-17(19)15-8-7-13-4-2-5-14(13)11-15/h1,3,6-9,11,17,19H,2,4-5,10H2. The van der Waals surface area contributed by atoms with Crippen LogP contribution in [0.3, 0.4) is 0 Å². The molecule has 0 bridgehead atoms. The van der Waals surface area contributed by atoms with E-state index in [4.69, 9.17) is 11.6 Å². The maximum atomic E-state index is 10.4. The van der Waals surface area contributed by atoms with Gasteiger partial charge in [-0.3, -0.25) is 0 Å². The van der Waals surface area contributed by atoms with E-state index in [9.17, 15) is 5.11 Å². The van der Waals surface area contributed by atoms with Crippen molar-refractivity contribution in [3.63, 3.8) is 0 Å². The summed E-state index contributed by atoms with van der Waals surface area (Å²) in [7, 11) is 0. The molecule has 0 radical (unpaired) electrons. The molecule has 1 aliphatic carbocycles. The van der Waals surface area contributed by atoms with Crippen molar-refractivity contribution in [3.8, 4) is 0 Å². The van der Waals surface area contributed by atoms with Gasteiger partial charge in [0.15, 0.2) is 0 Å². The third-order valence-electron chi connectivity index (χ3n) is 3.83. The van der Waals surface area contributed by atoms with E-state index in [1.165, 1.54) is 24.0 Å². The molecular formula is C17H17ClO. The molecule has 2 heteroatoms. The minimum Gasteiger partial charge on any atom is -0.388 e. The van der Waals surface area contributed by atoms with Crippen LogP contribution in [0.4, 0.5) is 0 Å². The Kier molecular flexibility index (Phi) is 3.58. The number of hydrogen-bond acceptors (Lipinski definition) is 1. The second-order valence-electron chi connectivity index (χ2n) is 5.23. The Labute approximate surface area is 118 Å². The van der Waals surface area contributed by atoms with Gasteiger partial charge in [-0.15, -0.1) is 0 Å². The van der Waals surface area contributed by atoms with Crippen LogP contribution in [0.25, 0.3) is 0 Å². The van der Waals surface area contributed by atoms with Gasteiger partial charge in [-0.25, -0.2) is 0 Å². The van der Waals surface area contributed by atoms with Crippen LogP contribution in [0, 0.1) is 0 Å². The normalized spacial score (nSPS) is 15.3. The van der Waals surface area contributed by atoms with Crippen molar-refractivity contribution in [1.82, 2.24) is 0 Å². The highest BCUT2D eigenvalue weighted by atomic mass is 35.5. The van der Waals surface area contributed by atoms with Crippen molar-refractivity contribution in [3.05, 3.63) is 69.7 Å². The van der Waals surface area contributed by atoms with Crippen molar-refractivity contribution < 1.29 is 5.11 Å². The monoisotopic (exact) mass is 272 g/mol. The van der Waals surface area contributed by atoms with Crippen LogP contribution >= 0.6 is 11.6 Å². The third-order valence-corrected chi connectivity index (χ3v) is 4.06. The maximum absolute atomic E-state index is 10.4. The summed E-state index contributed by atoms with van der Waals surface area (Å²) in [4.78, 5) is 0. The second-order valence-corrected chi connectivity index (χ2v) is 5.67. The molecule has 0 aromatic heterocycles. The maximum Gasteiger partial charge on any atom is 0.0830 e. The summed E-state index contributed by atoms with van der Waals surface area (Å²) in [6.07, 6.45) is 3.72. The minimum absolute atomic E-state index is 0.454. The van der Waals surface area contributed by atoms with Gasteiger partial charge < -0.3 is 5.11 Å². The molecule has 1 nitrogen and oxygen atoms in total. The predicted molar refractivity (Wildman–Crippen MR) is 78.6 cm³/mol. The first-order chi connectivity index (χ1) is 9.22. The van der Waals surface area contributed by atoms with E-state index in [-0.39, 0.29) is 0 Å². The molecule has 0 fully saturated rings. The molecule has 0 spiro atoms. The third kappa shape index (κ3) is 2.83. The largest absolute Gasteiger partial charge is 0.388 e. The summed E-state index contributed by atoms with van der Waals surface area (Å²) in [6, 6.07) is 14.1. The number of aliphatic hydroxyl groups excluding tert-OH is 1. The highest BCUT2D eigenvalue weighted by molar-refractivity contribution is 6.30. The molecule has 3 rings (SSSR count). The molecule has 19 heavy (non-hydrogen) atoms. The van der Waals surface area contributed by atoms with Gasteiger partial charge in [0.25, 0.3) is 0 Å². The Morgan fingerprint density at radius 2 is 1.89 bits per heavy atom. The van der Waals surface area contributed by atoms with E-state index < -0.39 is 6.10 Å². The zero-order valence-corrected chi connectivity index (χ0v) is 11.5. The smallest absolute Gasteiger partial charge is 0.0830 e. The van der Waals surface area contributed by atoms with E-state index in [1.807, 2.05) is 24.3 Å². The zero-order chi connectivity index (χ0) is 13.2. The van der Waals surface area contributed by atoms with E-state index in [0.717, 1.165) is 22.6 Å². The molecule has 2 aromatic rings. The molecular weight excluding hydrogens is 256 g/mol. The fourth-order valence-corrected chi connectivity index (χ4v) is 3.02. The first-order valence-electron chi connectivity index (χ1n) is 6.76. The number of aryl methyl sites for hydroxylation is 2. The quantitative estimate of drug-likeness (QED) is 0.892. The molecule has 98 valence electrons. The summed E-state index contributed by atoms with van der Waals surface area (Å²) in [5, 5.41) is 11.1. The van der Waals surface area contributed by atoms with Gasteiger partial charge in [-0.1, -0.05) is 41.9 Å². The fourth-order valence-electron chi connectivity index (χ4n) is 2.80. The Morgan fingerprint density at radius 1 is 1.05 bits per heavy atom. The Morgan fingerprint density at radius 3 is 2.74 bits per heavy atom. The number of hydrogen-bond donors (Lipinski definition) is 1. The summed E-state index contributed by atoms with van der Waals surface area (Å²) in [5.74, 6) is 0. The van der Waals surface area contributed by atoms with Crippen molar-refractivity contribution in [1.29, 1.82) is 0 Å². The zero-order valence-electron chi connectivity index (χ0n) is 10.8. The Hall–Kier alpha value is -1.31. The van der Waals surface area contributed by atoms with Gasteiger partial charge in [0, 0.05) is 11.4 Å². The predicted octanol–water partition coefficient (Wildman–Crippen LogP) is 4.10. The van der Waals surface area contributed by atoms with Crippen LogP contribution in [0.5, 0.6) is 0 Å². The lowest BCUT2D eigenvalue weighted by molar-refractivity contribution is 0.178. The van der Waals surface area contributed by atoms with Crippen LogP contribution in [0.1, 0.15) is 34.8 Å². The lowest BCUT2D eigenvalue weighted by Crippen LogP contribution is -2.02. The fraction of sp³-hybridized carbons (Fsp3) is 0.294. The molecule has 0 amide bonds. The van der Waals surface area contributed by atoms with Crippen molar-refractivity contribution in [2.75, 3.05) is 0 Å². The average Bonchev–Trinajstić information content (AvgIpc) is 2.85. The van der Waals surface area contributed by atoms with E-state index in [2.05, 4.69) is 18.2 Å². The van der Waals surface area contributed by atoms with Crippen LogP contribution in [0.15, 0.2) is 42.5 Å². The van der Waals surface area contributed by atoms with Crippen LogP contribution in [0.2, 0.25) is 5.02 Å². The lowest BCUT2D eigenvalue weighted by atomic mass is 9.98. The van der Waals surface area contributed by atoms with Crippen molar-refractivity contribution in [2.45, 2.75) is 31.8 Å². The molecule has 0 saturated carbocycles. The molecule has 1 unspecified atom stereocenters. The van der Waals surface area contributed by atoms with Gasteiger partial charge in [0.05, 0.1) is 6.10 Å². The SMILES string of the molecule is OC(Cc1cccc(Cl)c1)c1ccc2c(c1)CCC2. The lowest BCUT2D eigenvalue weighted by Gasteiger charge is -2.13. The minimum atomic E-state index is -0.454. The van der Waals surface area contributed by atoms with E-state index >= 15 is 0 Å². The first-order valence-corrected chi connectivity index (χ1v) is 7.14. The second kappa shape index (κ2) is 5.36. The van der Waals surface area contributed by atoms with Crippen LogP contribution < -0.4 is 0 Å². The molecule has 0 aliphatic heterocycles. The first kappa shape index (κ1) is 12.7. The van der Waals surface area contributed by atoms with Gasteiger partial charge >= 0.3 is 0 Å². The molecule has 2 aromatic carbocycles. The molecule has 1 aliphatic rings. The number of aliphatic hydroxyl groups is 1. The highest BCUT2D eigenvalue weighted by Gasteiger charge is 2.14.